The zero-order chi connectivity index (χ0) is 57.2. The van der Waals surface area contributed by atoms with Crippen LogP contribution < -0.4 is 5.32 Å². The molecule has 1 rings (SSSR count). The molecule has 7 unspecified atom stereocenters. The number of nitrogens with one attached hydrogen (secondary N) is 1. The van der Waals surface area contributed by atoms with E-state index in [1.165, 1.54) is 161 Å². The molecule has 0 saturated carbocycles. The second-order valence-corrected chi connectivity index (χ2v) is 22.5. The van der Waals surface area contributed by atoms with Crippen LogP contribution in [-0.2, 0) is 14.3 Å². The van der Waals surface area contributed by atoms with Gasteiger partial charge in [-0.15, -0.1) is 0 Å². The molecular weight excluding hydrogens is 983 g/mol. The van der Waals surface area contributed by atoms with E-state index in [1.807, 2.05) is 6.08 Å². The SMILES string of the molecule is CC/C=C\C/C=C\C/C=C\C/C=C\C/C=C\C/C=C\C/C=C\CCCCCCCC(=O)NC(COC1OC(CO)C(O)C(O)C1O)C(O)/C=C/CCCCCCCCCCCCCCCCCCCCCCCCCCCCC. The third-order valence-electron chi connectivity index (χ3n) is 15.2. The average molecular weight is 1110 g/mol. The topological polar surface area (TPSA) is 149 Å². The maximum Gasteiger partial charge on any atom is 0.220 e. The first kappa shape index (κ1) is 74.1. The predicted molar refractivity (Wildman–Crippen MR) is 336 cm³/mol. The number of carbonyl (C=O) groups excluding carboxylic acids is 1. The Morgan fingerprint density at radius 3 is 1.16 bits per heavy atom. The monoisotopic (exact) mass is 1110 g/mol. The smallest absolute Gasteiger partial charge is 0.220 e. The van der Waals surface area contributed by atoms with Gasteiger partial charge in [-0.1, -0.05) is 297 Å². The van der Waals surface area contributed by atoms with Crippen LogP contribution in [0.25, 0.3) is 0 Å². The fourth-order valence-electron chi connectivity index (χ4n) is 10.0. The molecule has 1 heterocycles. The standard InChI is InChI=1S/C70H123NO8/c1-3-5-7-9-11-13-15-17-19-21-23-25-27-29-31-32-34-35-37-39-41-43-45-47-49-51-53-55-57-59-64(73)63(62-78-70-69(77)68(76)67(75)65(61-72)79-70)71-66(74)60-58-56-54-52-50-48-46-44-42-40-38-36-33-30-28-26-24-22-20-18-16-14-12-10-8-6-4-2/h6,8,12,14,18,20,24,26,30,33,38,40,44,46,57,59,63-65,67-70,72-73,75-77H,3-5,7,9-11,13,15-17,19,21-23,25,27-29,31-32,34-37,39,41-43,45,47-56,58,60-62H2,1-2H3,(H,71,74)/b8-6-,14-12-,20-18-,26-24-,33-30-,40-38-,46-44-,59-57+. The number of rotatable bonds is 56. The van der Waals surface area contributed by atoms with Gasteiger partial charge < -0.3 is 40.3 Å². The van der Waals surface area contributed by atoms with Gasteiger partial charge in [-0.3, -0.25) is 4.79 Å². The van der Waals surface area contributed by atoms with E-state index in [9.17, 15) is 30.3 Å². The van der Waals surface area contributed by atoms with Crippen molar-refractivity contribution < 1.29 is 39.8 Å². The molecule has 79 heavy (non-hydrogen) atoms. The summed E-state index contributed by atoms with van der Waals surface area (Å²) in [5.41, 5.74) is 0. The van der Waals surface area contributed by atoms with E-state index in [-0.39, 0.29) is 12.5 Å². The van der Waals surface area contributed by atoms with Gasteiger partial charge in [0.1, 0.15) is 24.4 Å². The van der Waals surface area contributed by atoms with Gasteiger partial charge in [0, 0.05) is 6.42 Å². The van der Waals surface area contributed by atoms with Gasteiger partial charge in [-0.25, -0.2) is 0 Å². The highest BCUT2D eigenvalue weighted by Gasteiger charge is 2.44. The highest BCUT2D eigenvalue weighted by molar-refractivity contribution is 5.76. The van der Waals surface area contributed by atoms with E-state index in [0.29, 0.717) is 6.42 Å². The van der Waals surface area contributed by atoms with Crippen LogP contribution in [0, 0.1) is 0 Å². The molecule has 0 bridgehead atoms. The van der Waals surface area contributed by atoms with Crippen molar-refractivity contribution in [3.05, 3.63) is 97.2 Å². The molecule has 0 spiro atoms. The highest BCUT2D eigenvalue weighted by atomic mass is 16.7. The minimum Gasteiger partial charge on any atom is -0.394 e. The maximum atomic E-state index is 13.1. The van der Waals surface area contributed by atoms with Crippen LogP contribution in [0.3, 0.4) is 0 Å². The number of carbonyl (C=O) groups is 1. The summed E-state index contributed by atoms with van der Waals surface area (Å²) in [5.74, 6) is -0.197. The largest absolute Gasteiger partial charge is 0.394 e. The molecule has 9 nitrogen and oxygen atoms in total. The molecule has 456 valence electrons. The molecule has 0 aromatic carbocycles. The van der Waals surface area contributed by atoms with Crippen LogP contribution in [-0.4, -0.2) is 87.5 Å². The van der Waals surface area contributed by atoms with Gasteiger partial charge in [0.15, 0.2) is 6.29 Å². The molecule has 0 aromatic rings. The number of allylic oxidation sites excluding steroid dienone is 15. The van der Waals surface area contributed by atoms with Crippen molar-refractivity contribution in [1.82, 2.24) is 5.32 Å². The third kappa shape index (κ3) is 47.3. The predicted octanol–water partition coefficient (Wildman–Crippen LogP) is 17.5. The molecule has 1 fully saturated rings. The Kier molecular flexibility index (Phi) is 54.7. The lowest BCUT2D eigenvalue weighted by Gasteiger charge is -2.40. The van der Waals surface area contributed by atoms with Crippen molar-refractivity contribution in [3.8, 4) is 0 Å². The second-order valence-electron chi connectivity index (χ2n) is 22.5. The molecule has 0 aliphatic carbocycles. The number of unbranched alkanes of at least 4 members (excludes halogenated alkanes) is 32. The summed E-state index contributed by atoms with van der Waals surface area (Å²) >= 11 is 0. The summed E-state index contributed by atoms with van der Waals surface area (Å²) in [6.07, 6.45) is 77.8. The zero-order valence-corrected chi connectivity index (χ0v) is 50.9. The molecular formula is C70H123NO8. The van der Waals surface area contributed by atoms with Crippen LogP contribution in [0.4, 0.5) is 0 Å². The zero-order valence-electron chi connectivity index (χ0n) is 50.9. The van der Waals surface area contributed by atoms with Crippen molar-refractivity contribution in [2.24, 2.45) is 0 Å². The second kappa shape index (κ2) is 58.3. The number of aliphatic hydroxyl groups excluding tert-OH is 5. The molecule has 1 aliphatic rings. The Hall–Kier alpha value is -2.89. The minimum atomic E-state index is -1.58. The molecule has 9 heteroatoms. The first-order valence-corrected chi connectivity index (χ1v) is 33.0. The summed E-state index contributed by atoms with van der Waals surface area (Å²) in [4.78, 5) is 13.1. The van der Waals surface area contributed by atoms with Crippen molar-refractivity contribution in [3.63, 3.8) is 0 Å². The van der Waals surface area contributed by atoms with Gasteiger partial charge in [-0.2, -0.15) is 0 Å². The third-order valence-corrected chi connectivity index (χ3v) is 15.2. The molecule has 1 amide bonds. The van der Waals surface area contributed by atoms with Gasteiger partial charge in [0.25, 0.3) is 0 Å². The Morgan fingerprint density at radius 1 is 0.443 bits per heavy atom. The van der Waals surface area contributed by atoms with Crippen molar-refractivity contribution in [1.29, 1.82) is 0 Å². The Morgan fingerprint density at radius 2 is 0.785 bits per heavy atom. The van der Waals surface area contributed by atoms with E-state index in [4.69, 9.17) is 9.47 Å². The number of amides is 1. The number of hydrogen-bond donors (Lipinski definition) is 6. The van der Waals surface area contributed by atoms with Gasteiger partial charge in [-0.05, 0) is 77.0 Å². The normalized spacial score (nSPS) is 19.2. The number of hydrogen-bond acceptors (Lipinski definition) is 8. The van der Waals surface area contributed by atoms with E-state index in [1.54, 1.807) is 6.08 Å². The maximum absolute atomic E-state index is 13.1. The lowest BCUT2D eigenvalue weighted by Crippen LogP contribution is -2.60. The Labute approximate surface area is 485 Å². The molecule has 0 aromatic heterocycles. The summed E-state index contributed by atoms with van der Waals surface area (Å²) in [6, 6.07) is -0.824. The lowest BCUT2D eigenvalue weighted by atomic mass is 9.99. The lowest BCUT2D eigenvalue weighted by molar-refractivity contribution is -0.302. The molecule has 1 saturated heterocycles. The molecule has 1 aliphatic heterocycles. The minimum absolute atomic E-state index is 0.197. The fraction of sp³-hybridized carbons (Fsp3) is 0.757. The quantitative estimate of drug-likeness (QED) is 0.0261. The fourth-order valence-corrected chi connectivity index (χ4v) is 10.0. The molecule has 6 N–H and O–H groups in total. The summed E-state index contributed by atoms with van der Waals surface area (Å²) < 4.78 is 11.3. The summed E-state index contributed by atoms with van der Waals surface area (Å²) in [5, 5.41) is 54.7. The Balaban J connectivity index is 2.20. The Bertz CT molecular complexity index is 1560. The van der Waals surface area contributed by atoms with Crippen LogP contribution >= 0.6 is 0 Å². The number of ether oxygens (including phenoxy) is 2. The van der Waals surface area contributed by atoms with Gasteiger partial charge in [0.05, 0.1) is 25.4 Å². The van der Waals surface area contributed by atoms with Crippen molar-refractivity contribution in [2.75, 3.05) is 13.2 Å². The van der Waals surface area contributed by atoms with Gasteiger partial charge in [0.2, 0.25) is 5.91 Å². The van der Waals surface area contributed by atoms with E-state index in [0.717, 1.165) is 103 Å². The summed E-state index contributed by atoms with van der Waals surface area (Å²) in [7, 11) is 0. The van der Waals surface area contributed by atoms with E-state index < -0.39 is 49.5 Å². The van der Waals surface area contributed by atoms with E-state index >= 15 is 0 Å². The molecule has 0 radical (unpaired) electrons. The van der Waals surface area contributed by atoms with Crippen LogP contribution in [0.5, 0.6) is 0 Å². The first-order valence-electron chi connectivity index (χ1n) is 33.0. The van der Waals surface area contributed by atoms with Crippen molar-refractivity contribution in [2.45, 2.75) is 326 Å². The van der Waals surface area contributed by atoms with Gasteiger partial charge >= 0.3 is 0 Å². The first-order chi connectivity index (χ1) is 38.8. The average Bonchev–Trinajstić information content (AvgIpc) is 3.47. The van der Waals surface area contributed by atoms with Crippen LogP contribution in [0.15, 0.2) is 97.2 Å². The molecule has 7 atom stereocenters. The van der Waals surface area contributed by atoms with Crippen LogP contribution in [0.2, 0.25) is 0 Å². The highest BCUT2D eigenvalue weighted by Crippen LogP contribution is 2.23. The summed E-state index contributed by atoms with van der Waals surface area (Å²) in [6.45, 7) is 3.68. The van der Waals surface area contributed by atoms with Crippen LogP contribution in [0.1, 0.15) is 284 Å². The van der Waals surface area contributed by atoms with E-state index in [2.05, 4.69) is 104 Å². The number of aliphatic hydroxyl groups is 5. The van der Waals surface area contributed by atoms with Crippen molar-refractivity contribution >= 4 is 5.91 Å².